The number of carbonyl (C=O) groups excluding carboxylic acids is 2. The van der Waals surface area contributed by atoms with Gasteiger partial charge in [-0.1, -0.05) is 0 Å². The lowest BCUT2D eigenvalue weighted by molar-refractivity contribution is -0.215. The highest BCUT2D eigenvalue weighted by atomic mass is 19.4. The van der Waals surface area contributed by atoms with E-state index in [0.29, 0.717) is 18.8 Å². The predicted octanol–water partition coefficient (Wildman–Crippen LogP) is 2.80. The van der Waals surface area contributed by atoms with E-state index in [1.807, 2.05) is 5.32 Å². The maximum absolute atomic E-state index is 14.7. The van der Waals surface area contributed by atoms with Crippen LogP contribution in [0.5, 0.6) is 0 Å². The van der Waals surface area contributed by atoms with Gasteiger partial charge < -0.3 is 10.6 Å². The number of aromatic nitrogens is 3. The Kier molecular flexibility index (Phi) is 5.41. The molecule has 4 heterocycles. The van der Waals surface area contributed by atoms with Crippen LogP contribution in [0.25, 0.3) is 16.9 Å². The van der Waals surface area contributed by atoms with Gasteiger partial charge in [0.1, 0.15) is 22.7 Å². The third-order valence-electron chi connectivity index (χ3n) is 6.33. The second-order valence-corrected chi connectivity index (χ2v) is 8.51. The molecule has 1 aliphatic carbocycles. The molecule has 3 aromatic heterocycles. The van der Waals surface area contributed by atoms with Crippen LogP contribution in [0.2, 0.25) is 0 Å². The van der Waals surface area contributed by atoms with E-state index in [9.17, 15) is 36.3 Å². The molecule has 2 N–H and O–H groups in total. The highest BCUT2D eigenvalue weighted by Gasteiger charge is 2.59. The number of rotatable bonds is 4. The molecule has 36 heavy (non-hydrogen) atoms. The quantitative estimate of drug-likeness (QED) is 0.527. The zero-order valence-electron chi connectivity index (χ0n) is 18.3. The first-order valence-electron chi connectivity index (χ1n) is 10.8. The minimum Gasteiger partial charge on any atom is -0.338 e. The van der Waals surface area contributed by atoms with Crippen molar-refractivity contribution < 1.29 is 31.5 Å². The summed E-state index contributed by atoms with van der Waals surface area (Å²) in [5.74, 6) is -3.95. The molecule has 3 aromatic rings. The van der Waals surface area contributed by atoms with Crippen LogP contribution < -0.4 is 21.0 Å². The van der Waals surface area contributed by atoms with E-state index < -0.39 is 52.1 Å². The van der Waals surface area contributed by atoms with Crippen LogP contribution in [0.3, 0.4) is 0 Å². The van der Waals surface area contributed by atoms with E-state index in [1.165, 1.54) is 17.0 Å². The van der Waals surface area contributed by atoms with Crippen LogP contribution in [-0.2, 0) is 0 Å². The normalized spacial score (nSPS) is 17.1. The molecule has 3 amide bonds. The Labute approximate surface area is 198 Å². The van der Waals surface area contributed by atoms with Crippen molar-refractivity contribution in [2.45, 2.75) is 31.0 Å². The highest BCUT2D eigenvalue weighted by molar-refractivity contribution is 5.98. The van der Waals surface area contributed by atoms with Gasteiger partial charge in [-0.2, -0.15) is 13.2 Å². The van der Waals surface area contributed by atoms with Gasteiger partial charge in [-0.3, -0.25) is 19.1 Å². The number of fused-ring (bicyclic) bond motifs is 1. The van der Waals surface area contributed by atoms with E-state index in [2.05, 4.69) is 15.3 Å². The SMILES string of the molecule is O=C(NC1(C(F)(F)F)CCC1)c1cn(-c2ncc(F)cc2F)c2nc(N3CCNC3=O)ccc2c1=O. The first-order chi connectivity index (χ1) is 17.0. The summed E-state index contributed by atoms with van der Waals surface area (Å²) in [6.45, 7) is 0.588. The van der Waals surface area contributed by atoms with Gasteiger partial charge in [-0.15, -0.1) is 0 Å². The Hall–Kier alpha value is -4.10. The van der Waals surface area contributed by atoms with Gasteiger partial charge in [-0.25, -0.2) is 23.5 Å². The third-order valence-corrected chi connectivity index (χ3v) is 6.33. The molecule has 5 rings (SSSR count). The van der Waals surface area contributed by atoms with Gasteiger partial charge in [0.15, 0.2) is 17.3 Å². The second-order valence-electron chi connectivity index (χ2n) is 8.51. The van der Waals surface area contributed by atoms with Crippen molar-refractivity contribution in [2.75, 3.05) is 18.0 Å². The number of alkyl halides is 3. The van der Waals surface area contributed by atoms with Crippen LogP contribution in [-0.4, -0.2) is 51.3 Å². The molecular weight excluding hydrogens is 491 g/mol. The number of nitrogens with zero attached hydrogens (tertiary/aromatic N) is 4. The van der Waals surface area contributed by atoms with Crippen molar-refractivity contribution in [1.82, 2.24) is 25.2 Å². The summed E-state index contributed by atoms with van der Waals surface area (Å²) in [7, 11) is 0. The summed E-state index contributed by atoms with van der Waals surface area (Å²) < 4.78 is 69.9. The Bertz CT molecular complexity index is 1470. The van der Waals surface area contributed by atoms with Crippen molar-refractivity contribution in [2.24, 2.45) is 0 Å². The summed E-state index contributed by atoms with van der Waals surface area (Å²) in [5.41, 5.74) is -4.37. The molecule has 0 radical (unpaired) electrons. The fourth-order valence-electron chi connectivity index (χ4n) is 4.24. The van der Waals surface area contributed by atoms with Crippen molar-refractivity contribution >= 4 is 28.8 Å². The molecule has 0 spiro atoms. The first kappa shape index (κ1) is 23.6. The fourth-order valence-corrected chi connectivity index (χ4v) is 4.24. The first-order valence-corrected chi connectivity index (χ1v) is 10.8. The topological polar surface area (TPSA) is 109 Å². The number of pyridine rings is 3. The average Bonchev–Trinajstić information content (AvgIpc) is 3.21. The van der Waals surface area contributed by atoms with E-state index in [1.54, 1.807) is 0 Å². The molecule has 14 heteroatoms. The van der Waals surface area contributed by atoms with Gasteiger partial charge in [-0.05, 0) is 31.4 Å². The number of amides is 3. The summed E-state index contributed by atoms with van der Waals surface area (Å²) in [4.78, 5) is 47.4. The number of hydrogen-bond acceptors (Lipinski definition) is 5. The molecule has 1 saturated heterocycles. The van der Waals surface area contributed by atoms with Gasteiger partial charge in [0, 0.05) is 25.4 Å². The van der Waals surface area contributed by atoms with E-state index in [0.717, 1.165) is 10.8 Å². The highest BCUT2D eigenvalue weighted by Crippen LogP contribution is 2.45. The third kappa shape index (κ3) is 3.72. The maximum atomic E-state index is 14.7. The summed E-state index contributed by atoms with van der Waals surface area (Å²) in [5, 5.41) is 4.26. The number of urea groups is 1. The minimum absolute atomic E-state index is 0.0934. The van der Waals surface area contributed by atoms with Crippen molar-refractivity contribution in [3.63, 3.8) is 0 Å². The molecule has 0 bridgehead atoms. The number of anilines is 1. The molecule has 2 fully saturated rings. The monoisotopic (exact) mass is 508 g/mol. The van der Waals surface area contributed by atoms with Crippen molar-refractivity contribution in [3.05, 3.63) is 58.0 Å². The zero-order chi connectivity index (χ0) is 25.8. The van der Waals surface area contributed by atoms with Gasteiger partial charge in [0.05, 0.1) is 11.6 Å². The molecule has 0 unspecified atom stereocenters. The minimum atomic E-state index is -4.74. The standard InChI is InChI=1S/C22H17F5N6O3/c23-11-8-14(24)18(29-9-11)33-10-13(19(35)31-21(4-1-5-21)22(25,26)27)16(34)12-2-3-15(30-17(12)33)32-7-6-28-20(32)36/h2-3,8-10H,1,4-7H2,(H,28,36)(H,31,35). The summed E-state index contributed by atoms with van der Waals surface area (Å²) in [6, 6.07) is 2.59. The lowest BCUT2D eigenvalue weighted by Crippen LogP contribution is -2.63. The van der Waals surface area contributed by atoms with E-state index in [4.69, 9.17) is 0 Å². The molecule has 1 saturated carbocycles. The van der Waals surface area contributed by atoms with Crippen LogP contribution in [0.4, 0.5) is 32.6 Å². The summed E-state index contributed by atoms with van der Waals surface area (Å²) >= 11 is 0. The Morgan fingerprint density at radius 3 is 2.50 bits per heavy atom. The van der Waals surface area contributed by atoms with Gasteiger partial charge in [0.25, 0.3) is 5.91 Å². The molecule has 9 nitrogen and oxygen atoms in total. The van der Waals surface area contributed by atoms with Crippen LogP contribution in [0.15, 0.2) is 35.4 Å². The molecule has 0 atom stereocenters. The van der Waals surface area contributed by atoms with Crippen molar-refractivity contribution in [3.8, 4) is 5.82 Å². The lowest BCUT2D eigenvalue weighted by Gasteiger charge is -2.43. The fraction of sp³-hybridized carbons (Fsp3) is 0.318. The predicted molar refractivity (Wildman–Crippen MR) is 116 cm³/mol. The molecule has 188 valence electrons. The van der Waals surface area contributed by atoms with Crippen LogP contribution >= 0.6 is 0 Å². The lowest BCUT2D eigenvalue weighted by atomic mass is 9.76. The summed E-state index contributed by atoms with van der Waals surface area (Å²) in [6.07, 6.45) is -3.70. The van der Waals surface area contributed by atoms with Crippen LogP contribution in [0.1, 0.15) is 29.6 Å². The second kappa shape index (κ2) is 8.24. The van der Waals surface area contributed by atoms with Crippen LogP contribution in [0, 0.1) is 11.6 Å². The number of halogens is 5. The molecule has 2 aliphatic rings. The molecule has 1 aliphatic heterocycles. The number of hydrogen-bond donors (Lipinski definition) is 2. The van der Waals surface area contributed by atoms with Crippen molar-refractivity contribution in [1.29, 1.82) is 0 Å². The average molecular weight is 508 g/mol. The Morgan fingerprint density at radius 1 is 1.17 bits per heavy atom. The van der Waals surface area contributed by atoms with E-state index >= 15 is 0 Å². The Balaban J connectivity index is 1.69. The zero-order valence-corrected chi connectivity index (χ0v) is 18.3. The smallest absolute Gasteiger partial charge is 0.338 e. The largest absolute Gasteiger partial charge is 0.411 e. The van der Waals surface area contributed by atoms with Gasteiger partial charge >= 0.3 is 12.2 Å². The number of nitrogens with one attached hydrogen (secondary N) is 2. The Morgan fingerprint density at radius 2 is 1.92 bits per heavy atom. The molecular formula is C22H17F5N6O3. The molecule has 0 aromatic carbocycles. The van der Waals surface area contributed by atoms with E-state index in [-0.39, 0.29) is 42.7 Å². The van der Waals surface area contributed by atoms with Gasteiger partial charge in [0.2, 0.25) is 5.43 Å². The number of carbonyl (C=O) groups is 2. The maximum Gasteiger partial charge on any atom is 0.411 e.